The molecule has 4 nitrogen and oxygen atoms in total. The molecule has 2 N–H and O–H groups in total. The lowest BCUT2D eigenvalue weighted by molar-refractivity contribution is -0.132. The van der Waals surface area contributed by atoms with E-state index in [9.17, 15) is 13.2 Å². The lowest BCUT2D eigenvalue weighted by atomic mass is 9.78. The minimum atomic E-state index is -4.15. The fourth-order valence-corrected chi connectivity index (χ4v) is 2.86. The van der Waals surface area contributed by atoms with Crippen LogP contribution < -0.4 is 10.6 Å². The van der Waals surface area contributed by atoms with Gasteiger partial charge in [0, 0.05) is 32.2 Å². The van der Waals surface area contributed by atoms with Crippen LogP contribution in [0.4, 0.5) is 13.2 Å². The molecule has 0 aromatic rings. The Morgan fingerprint density at radius 3 is 2.42 bits per heavy atom. The highest BCUT2D eigenvalue weighted by Gasteiger charge is 2.35. The van der Waals surface area contributed by atoms with Gasteiger partial charge in [-0.3, -0.25) is 4.99 Å². The Morgan fingerprint density at radius 2 is 1.88 bits per heavy atom. The first-order chi connectivity index (χ1) is 10.6. The fraction of sp³-hybridized carbons (Fsp3) is 0.938. The highest BCUT2D eigenvalue weighted by Crippen LogP contribution is 2.34. The van der Waals surface area contributed by atoms with E-state index in [1.165, 1.54) is 0 Å². The van der Waals surface area contributed by atoms with Crippen LogP contribution in [0.15, 0.2) is 4.99 Å². The Bertz CT molecular complexity index is 384. The predicted octanol–water partition coefficient (Wildman–Crippen LogP) is 3.95. The number of nitrogens with one attached hydrogen (secondary N) is 2. The van der Waals surface area contributed by atoms with Gasteiger partial charge in [-0.15, -0.1) is 24.0 Å². The van der Waals surface area contributed by atoms with E-state index in [4.69, 9.17) is 4.74 Å². The number of rotatable bonds is 5. The molecule has 1 aliphatic rings. The lowest BCUT2D eigenvalue weighted by Crippen LogP contribution is -2.43. The van der Waals surface area contributed by atoms with E-state index < -0.39 is 12.6 Å². The first-order valence-corrected chi connectivity index (χ1v) is 8.34. The van der Waals surface area contributed by atoms with E-state index in [-0.39, 0.29) is 42.0 Å². The molecular weight excluding hydrogens is 434 g/mol. The van der Waals surface area contributed by atoms with Gasteiger partial charge in [-0.1, -0.05) is 20.8 Å². The predicted molar refractivity (Wildman–Crippen MR) is 102 cm³/mol. The van der Waals surface area contributed by atoms with E-state index in [1.807, 2.05) is 6.92 Å². The topological polar surface area (TPSA) is 45.7 Å². The van der Waals surface area contributed by atoms with Crippen molar-refractivity contribution < 1.29 is 17.9 Å². The summed E-state index contributed by atoms with van der Waals surface area (Å²) in [6.07, 6.45) is -2.86. The normalized spacial score (nSPS) is 22.7. The van der Waals surface area contributed by atoms with Gasteiger partial charge in [-0.05, 0) is 25.2 Å². The van der Waals surface area contributed by atoms with Crippen LogP contribution in [-0.2, 0) is 4.74 Å². The number of aliphatic imine (C=N–C) groups is 1. The van der Waals surface area contributed by atoms with Crippen molar-refractivity contribution in [3.05, 3.63) is 0 Å². The van der Waals surface area contributed by atoms with Crippen molar-refractivity contribution in [3.8, 4) is 0 Å². The second kappa shape index (κ2) is 10.7. The van der Waals surface area contributed by atoms with Crippen molar-refractivity contribution in [2.75, 3.05) is 26.2 Å². The van der Waals surface area contributed by atoms with E-state index >= 15 is 0 Å². The van der Waals surface area contributed by atoms with Crippen LogP contribution >= 0.6 is 24.0 Å². The first kappa shape index (κ1) is 23.8. The van der Waals surface area contributed by atoms with E-state index in [2.05, 4.69) is 36.4 Å². The van der Waals surface area contributed by atoms with Crippen molar-refractivity contribution in [2.24, 2.45) is 16.3 Å². The molecule has 1 aliphatic heterocycles. The molecule has 1 heterocycles. The second-order valence-corrected chi connectivity index (χ2v) is 7.07. The molecule has 0 radical (unpaired) electrons. The number of hydrogen-bond acceptors (Lipinski definition) is 2. The largest absolute Gasteiger partial charge is 0.390 e. The third kappa shape index (κ3) is 9.29. The molecule has 2 unspecified atom stereocenters. The van der Waals surface area contributed by atoms with Gasteiger partial charge >= 0.3 is 6.18 Å². The molecule has 0 bridgehead atoms. The smallest absolute Gasteiger partial charge is 0.377 e. The van der Waals surface area contributed by atoms with Gasteiger partial charge in [-0.2, -0.15) is 13.2 Å². The van der Waals surface area contributed by atoms with Gasteiger partial charge < -0.3 is 15.4 Å². The van der Waals surface area contributed by atoms with Crippen molar-refractivity contribution >= 4 is 29.9 Å². The van der Waals surface area contributed by atoms with Crippen LogP contribution in [0.3, 0.4) is 0 Å². The summed E-state index contributed by atoms with van der Waals surface area (Å²) >= 11 is 0. The van der Waals surface area contributed by atoms with Crippen LogP contribution in [-0.4, -0.2) is 44.5 Å². The SMILES string of the molecule is CCNC(=NCC1CCCOC1C(C)(C)C)NCCC(F)(F)F.I. The maximum Gasteiger partial charge on any atom is 0.390 e. The molecule has 1 rings (SSSR count). The number of ether oxygens (including phenoxy) is 1. The maximum atomic E-state index is 12.2. The number of guanidine groups is 1. The van der Waals surface area contributed by atoms with Crippen molar-refractivity contribution in [1.82, 2.24) is 10.6 Å². The quantitative estimate of drug-likeness (QED) is 0.367. The van der Waals surface area contributed by atoms with Crippen LogP contribution in [0.25, 0.3) is 0 Å². The number of hydrogen-bond donors (Lipinski definition) is 2. The Balaban J connectivity index is 0.00000529. The molecule has 0 saturated carbocycles. The highest BCUT2D eigenvalue weighted by atomic mass is 127. The zero-order chi connectivity index (χ0) is 17.5. The molecule has 0 spiro atoms. The Morgan fingerprint density at radius 1 is 1.21 bits per heavy atom. The van der Waals surface area contributed by atoms with Gasteiger partial charge in [0.2, 0.25) is 0 Å². The molecule has 2 atom stereocenters. The van der Waals surface area contributed by atoms with Gasteiger partial charge in [0.25, 0.3) is 0 Å². The summed E-state index contributed by atoms with van der Waals surface area (Å²) in [7, 11) is 0. The molecule has 24 heavy (non-hydrogen) atoms. The molecule has 8 heteroatoms. The third-order valence-electron chi connectivity index (χ3n) is 3.83. The van der Waals surface area contributed by atoms with E-state index in [0.29, 0.717) is 25.0 Å². The zero-order valence-corrected chi connectivity index (χ0v) is 17.3. The molecule has 0 aromatic heterocycles. The molecule has 0 amide bonds. The van der Waals surface area contributed by atoms with Crippen LogP contribution in [0.2, 0.25) is 0 Å². The summed E-state index contributed by atoms with van der Waals surface area (Å²) in [6, 6.07) is 0. The summed E-state index contributed by atoms with van der Waals surface area (Å²) in [4.78, 5) is 4.47. The van der Waals surface area contributed by atoms with E-state index in [0.717, 1.165) is 19.4 Å². The summed E-state index contributed by atoms with van der Waals surface area (Å²) in [5.41, 5.74) is 0.0304. The second-order valence-electron chi connectivity index (χ2n) is 7.07. The Kier molecular flexibility index (Phi) is 10.6. The molecule has 1 saturated heterocycles. The lowest BCUT2D eigenvalue weighted by Gasteiger charge is -2.39. The van der Waals surface area contributed by atoms with Crippen LogP contribution in [0.1, 0.15) is 47.0 Å². The molecule has 1 fully saturated rings. The third-order valence-corrected chi connectivity index (χ3v) is 3.83. The first-order valence-electron chi connectivity index (χ1n) is 8.34. The molecule has 0 aromatic carbocycles. The maximum absolute atomic E-state index is 12.2. The number of nitrogens with zero attached hydrogens (tertiary/aromatic N) is 1. The van der Waals surface area contributed by atoms with Gasteiger partial charge in [0.15, 0.2) is 5.96 Å². The van der Waals surface area contributed by atoms with Crippen LogP contribution in [0, 0.1) is 11.3 Å². The van der Waals surface area contributed by atoms with Crippen LogP contribution in [0.5, 0.6) is 0 Å². The summed E-state index contributed by atoms with van der Waals surface area (Å²) in [5, 5.41) is 5.74. The van der Waals surface area contributed by atoms with Gasteiger partial charge in [0.05, 0.1) is 12.5 Å². The average molecular weight is 465 g/mol. The highest BCUT2D eigenvalue weighted by molar-refractivity contribution is 14.0. The van der Waals surface area contributed by atoms with Gasteiger partial charge in [0.1, 0.15) is 0 Å². The van der Waals surface area contributed by atoms with Crippen molar-refractivity contribution in [1.29, 1.82) is 0 Å². The van der Waals surface area contributed by atoms with Gasteiger partial charge in [-0.25, -0.2) is 0 Å². The number of halogens is 4. The fourth-order valence-electron chi connectivity index (χ4n) is 2.86. The summed E-state index contributed by atoms with van der Waals surface area (Å²) < 4.78 is 42.6. The summed E-state index contributed by atoms with van der Waals surface area (Å²) in [5.74, 6) is 0.733. The monoisotopic (exact) mass is 465 g/mol. The Labute approximate surface area is 160 Å². The van der Waals surface area contributed by atoms with Crippen molar-refractivity contribution in [3.63, 3.8) is 0 Å². The minimum Gasteiger partial charge on any atom is -0.377 e. The molecule has 0 aliphatic carbocycles. The molecule has 144 valence electrons. The number of alkyl halides is 3. The van der Waals surface area contributed by atoms with E-state index in [1.54, 1.807) is 0 Å². The van der Waals surface area contributed by atoms with Crippen molar-refractivity contribution in [2.45, 2.75) is 59.2 Å². The standard InChI is InChI=1S/C16H30F3N3O.HI/c1-5-20-14(21-9-8-16(17,18)19)22-11-12-7-6-10-23-13(12)15(2,3)4;/h12-13H,5-11H2,1-4H3,(H2,20,21,22);1H. The molecular formula is C16H31F3IN3O. The minimum absolute atomic E-state index is 0. The zero-order valence-electron chi connectivity index (χ0n) is 15.0. The Hall–Kier alpha value is -0.250. The average Bonchev–Trinajstić information content (AvgIpc) is 2.43. The summed E-state index contributed by atoms with van der Waals surface area (Å²) in [6.45, 7) is 10.1.